The average Bonchev–Trinajstić information content (AvgIpc) is 2.83. The van der Waals surface area contributed by atoms with Crippen LogP contribution in [0.3, 0.4) is 0 Å². The number of thiocarbonyl (C=S) groups is 1. The molecule has 0 radical (unpaired) electrons. The summed E-state index contributed by atoms with van der Waals surface area (Å²) in [6.45, 7) is 0. The number of hydrogen-bond donors (Lipinski definition) is 0. The molecule has 1 aliphatic heterocycles. The third-order valence-corrected chi connectivity index (χ3v) is 5.57. The zero-order valence-corrected chi connectivity index (χ0v) is 14.4. The molecule has 0 spiro atoms. The summed E-state index contributed by atoms with van der Waals surface area (Å²) >= 11 is 6.56. The Morgan fingerprint density at radius 1 is 1.29 bits per heavy atom. The Morgan fingerprint density at radius 3 is 2.67 bits per heavy atom. The van der Waals surface area contributed by atoms with Gasteiger partial charge in [-0.25, -0.2) is 0 Å². The fraction of sp³-hybridized carbons (Fsp3) is 0.375. The van der Waals surface area contributed by atoms with Crippen LogP contribution in [0.1, 0.15) is 37.7 Å². The minimum atomic E-state index is -0.715. The van der Waals surface area contributed by atoms with E-state index in [0.29, 0.717) is 14.8 Å². The van der Waals surface area contributed by atoms with E-state index in [4.69, 9.17) is 12.2 Å². The summed E-state index contributed by atoms with van der Waals surface area (Å²) in [5, 5.41) is 22.3. The van der Waals surface area contributed by atoms with Gasteiger partial charge in [-0.05, 0) is 30.2 Å². The van der Waals surface area contributed by atoms with Crippen molar-refractivity contribution in [3.05, 3.63) is 38.8 Å². The molecule has 3 rings (SSSR count). The third-order valence-electron chi connectivity index (χ3n) is 4.24. The van der Waals surface area contributed by atoms with Crippen molar-refractivity contribution in [2.75, 3.05) is 0 Å². The second kappa shape index (κ2) is 6.90. The van der Waals surface area contributed by atoms with E-state index in [1.54, 1.807) is 11.0 Å². The van der Waals surface area contributed by atoms with E-state index in [-0.39, 0.29) is 11.9 Å². The van der Waals surface area contributed by atoms with E-state index in [1.165, 1.54) is 30.3 Å². The number of rotatable bonds is 3. The predicted octanol–water partition coefficient (Wildman–Crippen LogP) is 3.20. The first-order valence-corrected chi connectivity index (χ1v) is 8.92. The summed E-state index contributed by atoms with van der Waals surface area (Å²) in [5.74, 6) is -0.794. The topological polar surface area (TPSA) is 86.5 Å². The minimum absolute atomic E-state index is 0.147. The highest BCUT2D eigenvalue weighted by Gasteiger charge is 2.37. The SMILES string of the molecule is O=C1/C(=C/c2ccc([O-])c([N+](=O)[O-])c2)SC(=S)N1C1CCCCC1. The Bertz CT molecular complexity index is 742. The average molecular weight is 363 g/mol. The molecule has 1 aromatic rings. The Balaban J connectivity index is 1.86. The molecule has 1 amide bonds. The highest BCUT2D eigenvalue weighted by Crippen LogP contribution is 2.37. The van der Waals surface area contributed by atoms with Crippen molar-refractivity contribution in [2.45, 2.75) is 38.1 Å². The number of carbonyl (C=O) groups is 1. The lowest BCUT2D eigenvalue weighted by atomic mass is 9.94. The lowest BCUT2D eigenvalue weighted by molar-refractivity contribution is -0.398. The zero-order chi connectivity index (χ0) is 17.3. The Kier molecular flexibility index (Phi) is 4.86. The molecule has 1 saturated carbocycles. The first-order chi connectivity index (χ1) is 11.5. The van der Waals surface area contributed by atoms with E-state index in [2.05, 4.69) is 0 Å². The van der Waals surface area contributed by atoms with Gasteiger partial charge in [0.25, 0.3) is 11.6 Å². The zero-order valence-electron chi connectivity index (χ0n) is 12.8. The lowest BCUT2D eigenvalue weighted by Gasteiger charge is -2.29. The molecule has 0 atom stereocenters. The number of nitro benzene ring substituents is 1. The van der Waals surface area contributed by atoms with Gasteiger partial charge in [-0.1, -0.05) is 55.4 Å². The number of nitro groups is 1. The summed E-state index contributed by atoms with van der Waals surface area (Å²) < 4.78 is 0.535. The molecule has 8 heteroatoms. The normalized spacial score (nSPS) is 20.8. The number of benzene rings is 1. The van der Waals surface area contributed by atoms with E-state index >= 15 is 0 Å². The van der Waals surface area contributed by atoms with Crippen LogP contribution in [0.4, 0.5) is 5.69 Å². The highest BCUT2D eigenvalue weighted by molar-refractivity contribution is 8.26. The van der Waals surface area contributed by atoms with Crippen molar-refractivity contribution in [2.24, 2.45) is 0 Å². The number of amides is 1. The van der Waals surface area contributed by atoms with Gasteiger partial charge in [-0.3, -0.25) is 19.8 Å². The predicted molar refractivity (Wildman–Crippen MR) is 94.4 cm³/mol. The summed E-state index contributed by atoms with van der Waals surface area (Å²) in [4.78, 5) is 24.9. The van der Waals surface area contributed by atoms with Gasteiger partial charge in [-0.15, -0.1) is 0 Å². The van der Waals surface area contributed by atoms with Gasteiger partial charge in [0.15, 0.2) is 0 Å². The standard InChI is InChI=1S/C16H16N2O4S2/c19-13-7-6-10(8-12(13)18(21)22)9-14-15(20)17(16(23)24-14)11-4-2-1-3-5-11/h6-9,11,19H,1-5H2/p-1/b14-9-. The second-order valence-electron chi connectivity index (χ2n) is 5.83. The van der Waals surface area contributed by atoms with Crippen LogP contribution in [0, 0.1) is 10.1 Å². The molecule has 0 unspecified atom stereocenters. The largest absolute Gasteiger partial charge is 0.868 e. The molecule has 1 aliphatic carbocycles. The molecule has 2 aliphatic rings. The minimum Gasteiger partial charge on any atom is -0.868 e. The summed E-state index contributed by atoms with van der Waals surface area (Å²) in [6.07, 6.45) is 6.85. The Morgan fingerprint density at radius 2 is 2.00 bits per heavy atom. The first kappa shape index (κ1) is 16.9. The van der Waals surface area contributed by atoms with Gasteiger partial charge >= 0.3 is 0 Å². The monoisotopic (exact) mass is 363 g/mol. The smallest absolute Gasteiger partial charge is 0.266 e. The van der Waals surface area contributed by atoms with Crippen molar-refractivity contribution in [1.82, 2.24) is 4.90 Å². The van der Waals surface area contributed by atoms with Gasteiger partial charge in [0.2, 0.25) is 0 Å². The lowest BCUT2D eigenvalue weighted by Crippen LogP contribution is -2.39. The van der Waals surface area contributed by atoms with Crippen LogP contribution in [0.25, 0.3) is 6.08 Å². The van der Waals surface area contributed by atoms with Crippen molar-refractivity contribution in [3.63, 3.8) is 0 Å². The fourth-order valence-corrected chi connectivity index (χ4v) is 4.45. The third kappa shape index (κ3) is 3.29. The van der Waals surface area contributed by atoms with Crippen LogP contribution in [-0.2, 0) is 4.79 Å². The summed E-state index contributed by atoms with van der Waals surface area (Å²) in [5.41, 5.74) is -0.0445. The van der Waals surface area contributed by atoms with Crippen LogP contribution in [0.15, 0.2) is 23.1 Å². The molecule has 6 nitrogen and oxygen atoms in total. The molecule has 0 N–H and O–H groups in total. The molecular weight excluding hydrogens is 348 g/mol. The second-order valence-corrected chi connectivity index (χ2v) is 7.50. The Hall–Kier alpha value is -1.93. The van der Waals surface area contributed by atoms with Crippen molar-refractivity contribution in [1.29, 1.82) is 0 Å². The maximum Gasteiger partial charge on any atom is 0.266 e. The van der Waals surface area contributed by atoms with Gasteiger partial charge in [-0.2, -0.15) is 0 Å². The molecule has 0 aromatic heterocycles. The van der Waals surface area contributed by atoms with Crippen LogP contribution in [0.2, 0.25) is 0 Å². The van der Waals surface area contributed by atoms with Crippen molar-refractivity contribution >= 4 is 46.0 Å². The Labute approximate surface area is 148 Å². The number of hydrogen-bond acceptors (Lipinski definition) is 6. The van der Waals surface area contributed by atoms with Gasteiger partial charge in [0, 0.05) is 12.1 Å². The molecule has 24 heavy (non-hydrogen) atoms. The molecule has 126 valence electrons. The molecule has 1 aromatic carbocycles. The molecule has 1 saturated heterocycles. The first-order valence-electron chi connectivity index (χ1n) is 7.70. The summed E-state index contributed by atoms with van der Waals surface area (Å²) in [7, 11) is 0. The van der Waals surface area contributed by atoms with Crippen LogP contribution in [-0.4, -0.2) is 26.1 Å². The van der Waals surface area contributed by atoms with Gasteiger partial charge in [0.1, 0.15) is 4.32 Å². The van der Waals surface area contributed by atoms with Crippen LogP contribution in [0.5, 0.6) is 5.75 Å². The van der Waals surface area contributed by atoms with E-state index in [0.717, 1.165) is 31.7 Å². The molecule has 1 heterocycles. The van der Waals surface area contributed by atoms with E-state index < -0.39 is 16.4 Å². The van der Waals surface area contributed by atoms with Crippen molar-refractivity contribution in [3.8, 4) is 5.75 Å². The number of nitrogens with zero attached hydrogens (tertiary/aromatic N) is 2. The van der Waals surface area contributed by atoms with Crippen molar-refractivity contribution < 1.29 is 14.8 Å². The quantitative estimate of drug-likeness (QED) is 0.355. The molecule has 0 bridgehead atoms. The maximum absolute atomic E-state index is 12.7. The van der Waals surface area contributed by atoms with Gasteiger partial charge < -0.3 is 5.11 Å². The van der Waals surface area contributed by atoms with Gasteiger partial charge in [0.05, 0.1) is 9.83 Å². The van der Waals surface area contributed by atoms with E-state index in [9.17, 15) is 20.0 Å². The number of carbonyl (C=O) groups excluding carboxylic acids is 1. The fourth-order valence-electron chi connectivity index (χ4n) is 3.05. The van der Waals surface area contributed by atoms with E-state index in [1.807, 2.05) is 0 Å². The van der Waals surface area contributed by atoms with Crippen LogP contribution >= 0.6 is 24.0 Å². The summed E-state index contributed by atoms with van der Waals surface area (Å²) in [6, 6.07) is 3.96. The highest BCUT2D eigenvalue weighted by atomic mass is 32.2. The van der Waals surface area contributed by atoms with Crippen LogP contribution < -0.4 is 5.11 Å². The molecule has 2 fully saturated rings. The number of thioether (sulfide) groups is 1. The maximum atomic E-state index is 12.7. The molecular formula is C16H15N2O4S2-.